The summed E-state index contributed by atoms with van der Waals surface area (Å²) in [5.41, 5.74) is 0.947. The van der Waals surface area contributed by atoms with E-state index in [1.165, 1.54) is 12.8 Å². The maximum Gasteiger partial charge on any atom is 0.126 e. The van der Waals surface area contributed by atoms with Crippen molar-refractivity contribution in [3.8, 4) is 0 Å². The number of nitrogens with zero attached hydrogens (tertiary/aromatic N) is 2. The fourth-order valence-electron chi connectivity index (χ4n) is 2.87. The van der Waals surface area contributed by atoms with Crippen LogP contribution >= 0.6 is 11.6 Å². The van der Waals surface area contributed by atoms with Gasteiger partial charge in [-0.2, -0.15) is 0 Å². The molecule has 0 amide bonds. The van der Waals surface area contributed by atoms with Crippen molar-refractivity contribution in [3.05, 3.63) is 22.8 Å². The molecule has 1 aromatic rings. The molecule has 2 N–H and O–H groups in total. The lowest BCUT2D eigenvalue weighted by atomic mass is 9.95. The fourth-order valence-corrected chi connectivity index (χ4v) is 3.04. The normalized spacial score (nSPS) is 19.7. The van der Waals surface area contributed by atoms with E-state index in [0.717, 1.165) is 55.6 Å². The molecule has 0 radical (unpaired) electrons. The first kappa shape index (κ1) is 16.5. The fraction of sp³-hybridized carbons (Fsp3) is 0.688. The molecular weight excluding hydrogens is 286 g/mol. The first-order valence-electron chi connectivity index (χ1n) is 7.95. The topological polar surface area (TPSA) is 48.4 Å². The molecule has 1 atom stereocenters. The van der Waals surface area contributed by atoms with E-state index in [9.17, 15) is 0 Å². The van der Waals surface area contributed by atoms with Crippen LogP contribution in [0.25, 0.3) is 0 Å². The quantitative estimate of drug-likeness (QED) is 0.812. The number of nitrogens with one attached hydrogen (secondary N) is 1. The van der Waals surface area contributed by atoms with Crippen LogP contribution in [0.2, 0.25) is 5.02 Å². The third-order valence-corrected chi connectivity index (χ3v) is 4.33. The maximum atomic E-state index is 9.10. The monoisotopic (exact) mass is 311 g/mol. The Bertz CT molecular complexity index is 440. The van der Waals surface area contributed by atoms with Crippen molar-refractivity contribution in [1.82, 2.24) is 9.88 Å². The zero-order valence-corrected chi connectivity index (χ0v) is 13.6. The molecule has 1 aliphatic heterocycles. The minimum Gasteiger partial charge on any atom is -0.396 e. The van der Waals surface area contributed by atoms with E-state index in [1.54, 1.807) is 0 Å². The summed E-state index contributed by atoms with van der Waals surface area (Å²) in [6, 6.07) is 3.86. The molecule has 2 heterocycles. The molecule has 2 rings (SSSR count). The van der Waals surface area contributed by atoms with Gasteiger partial charge in [0.15, 0.2) is 0 Å². The van der Waals surface area contributed by atoms with Crippen LogP contribution in [-0.2, 0) is 6.54 Å². The number of pyridine rings is 1. The molecule has 0 saturated carbocycles. The second kappa shape index (κ2) is 8.57. The van der Waals surface area contributed by atoms with Crippen LogP contribution in [0.15, 0.2) is 12.1 Å². The Labute approximate surface area is 132 Å². The molecule has 0 bridgehead atoms. The summed E-state index contributed by atoms with van der Waals surface area (Å²) in [5.74, 6) is 1.50. The van der Waals surface area contributed by atoms with Gasteiger partial charge < -0.3 is 10.4 Å². The molecule has 0 aromatic carbocycles. The minimum absolute atomic E-state index is 0.286. The SMILES string of the molecule is CCCNc1ccc(Cl)c(CN2CCCC(CCO)C2)n1. The lowest BCUT2D eigenvalue weighted by Crippen LogP contribution is -2.35. The summed E-state index contributed by atoms with van der Waals surface area (Å²) in [6.07, 6.45) is 4.39. The van der Waals surface area contributed by atoms with Crippen molar-refractivity contribution in [2.45, 2.75) is 39.2 Å². The first-order chi connectivity index (χ1) is 10.2. The molecule has 1 saturated heterocycles. The summed E-state index contributed by atoms with van der Waals surface area (Å²) >= 11 is 6.29. The Hall–Kier alpha value is -0.840. The number of aromatic nitrogens is 1. The lowest BCUT2D eigenvalue weighted by Gasteiger charge is -2.32. The number of anilines is 1. The summed E-state index contributed by atoms with van der Waals surface area (Å²) < 4.78 is 0. The van der Waals surface area contributed by atoms with Crippen LogP contribution in [0.1, 0.15) is 38.3 Å². The average molecular weight is 312 g/mol. The number of hydrogen-bond acceptors (Lipinski definition) is 4. The molecule has 1 unspecified atom stereocenters. The Morgan fingerprint density at radius 3 is 3.10 bits per heavy atom. The average Bonchev–Trinajstić information content (AvgIpc) is 2.49. The van der Waals surface area contributed by atoms with Crippen LogP contribution in [0.4, 0.5) is 5.82 Å². The number of aliphatic hydroxyl groups is 1. The number of likely N-dealkylation sites (tertiary alicyclic amines) is 1. The van der Waals surface area contributed by atoms with Gasteiger partial charge in [0, 0.05) is 26.2 Å². The summed E-state index contributed by atoms with van der Waals surface area (Å²) in [6.45, 7) is 6.27. The number of piperidine rings is 1. The third kappa shape index (κ3) is 5.13. The lowest BCUT2D eigenvalue weighted by molar-refractivity contribution is 0.141. The largest absolute Gasteiger partial charge is 0.396 e. The predicted molar refractivity (Wildman–Crippen MR) is 87.7 cm³/mol. The maximum absolute atomic E-state index is 9.10. The van der Waals surface area contributed by atoms with Crippen molar-refractivity contribution in [2.75, 3.05) is 31.6 Å². The molecule has 1 fully saturated rings. The van der Waals surface area contributed by atoms with Gasteiger partial charge in [-0.25, -0.2) is 4.98 Å². The highest BCUT2D eigenvalue weighted by Crippen LogP contribution is 2.23. The number of hydrogen-bond donors (Lipinski definition) is 2. The van der Waals surface area contributed by atoms with Gasteiger partial charge in [0.1, 0.15) is 5.82 Å². The van der Waals surface area contributed by atoms with E-state index in [1.807, 2.05) is 12.1 Å². The van der Waals surface area contributed by atoms with Crippen molar-refractivity contribution in [2.24, 2.45) is 5.92 Å². The standard InChI is InChI=1S/C16H26ClN3O/c1-2-8-18-16-6-5-14(17)15(19-16)12-20-9-3-4-13(11-20)7-10-21/h5-6,13,21H,2-4,7-12H2,1H3,(H,18,19). The van der Waals surface area contributed by atoms with E-state index >= 15 is 0 Å². The predicted octanol–water partition coefficient (Wildman–Crippen LogP) is 3.15. The van der Waals surface area contributed by atoms with Gasteiger partial charge in [0.05, 0.1) is 10.7 Å². The second-order valence-electron chi connectivity index (χ2n) is 5.81. The number of rotatable bonds is 7. The molecule has 118 valence electrons. The Kier molecular flexibility index (Phi) is 6.74. The summed E-state index contributed by atoms with van der Waals surface area (Å²) in [5, 5.41) is 13.1. The molecule has 5 heteroatoms. The summed E-state index contributed by atoms with van der Waals surface area (Å²) in [4.78, 5) is 7.05. The van der Waals surface area contributed by atoms with E-state index < -0.39 is 0 Å². The Morgan fingerprint density at radius 2 is 2.33 bits per heavy atom. The smallest absolute Gasteiger partial charge is 0.126 e. The molecular formula is C16H26ClN3O. The van der Waals surface area contributed by atoms with Crippen LogP contribution in [-0.4, -0.2) is 41.2 Å². The Balaban J connectivity index is 1.97. The van der Waals surface area contributed by atoms with Crippen LogP contribution in [0, 0.1) is 5.92 Å². The van der Waals surface area contributed by atoms with Gasteiger partial charge in [-0.3, -0.25) is 4.90 Å². The number of aliphatic hydroxyl groups excluding tert-OH is 1. The summed E-state index contributed by atoms with van der Waals surface area (Å²) in [7, 11) is 0. The van der Waals surface area contributed by atoms with E-state index in [-0.39, 0.29) is 6.61 Å². The highest BCUT2D eigenvalue weighted by atomic mass is 35.5. The first-order valence-corrected chi connectivity index (χ1v) is 8.33. The van der Waals surface area contributed by atoms with Gasteiger partial charge in [0.2, 0.25) is 0 Å². The van der Waals surface area contributed by atoms with Crippen molar-refractivity contribution < 1.29 is 5.11 Å². The molecule has 0 aliphatic carbocycles. The van der Waals surface area contributed by atoms with Crippen molar-refractivity contribution in [3.63, 3.8) is 0 Å². The van der Waals surface area contributed by atoms with Gasteiger partial charge in [-0.15, -0.1) is 0 Å². The van der Waals surface area contributed by atoms with E-state index in [0.29, 0.717) is 5.92 Å². The van der Waals surface area contributed by atoms with Gasteiger partial charge in [-0.1, -0.05) is 18.5 Å². The van der Waals surface area contributed by atoms with E-state index in [4.69, 9.17) is 16.7 Å². The Morgan fingerprint density at radius 1 is 1.48 bits per heavy atom. The van der Waals surface area contributed by atoms with Gasteiger partial charge in [0.25, 0.3) is 0 Å². The molecule has 21 heavy (non-hydrogen) atoms. The van der Waals surface area contributed by atoms with Crippen molar-refractivity contribution in [1.29, 1.82) is 0 Å². The van der Waals surface area contributed by atoms with E-state index in [2.05, 4.69) is 22.1 Å². The van der Waals surface area contributed by atoms with Crippen LogP contribution in [0.5, 0.6) is 0 Å². The molecule has 0 spiro atoms. The van der Waals surface area contributed by atoms with Crippen LogP contribution < -0.4 is 5.32 Å². The number of halogens is 1. The van der Waals surface area contributed by atoms with Crippen molar-refractivity contribution >= 4 is 17.4 Å². The minimum atomic E-state index is 0.286. The second-order valence-corrected chi connectivity index (χ2v) is 6.21. The van der Waals surface area contributed by atoms with Crippen LogP contribution in [0.3, 0.4) is 0 Å². The van der Waals surface area contributed by atoms with Gasteiger partial charge in [-0.05, 0) is 50.3 Å². The zero-order chi connectivity index (χ0) is 15.1. The molecule has 1 aliphatic rings. The molecule has 4 nitrogen and oxygen atoms in total. The highest BCUT2D eigenvalue weighted by molar-refractivity contribution is 6.31. The highest BCUT2D eigenvalue weighted by Gasteiger charge is 2.20. The zero-order valence-electron chi connectivity index (χ0n) is 12.8. The third-order valence-electron chi connectivity index (χ3n) is 3.99. The van der Waals surface area contributed by atoms with Gasteiger partial charge >= 0.3 is 0 Å². The molecule has 1 aromatic heterocycles.